The second-order valence-corrected chi connectivity index (χ2v) is 8.99. The van der Waals surface area contributed by atoms with Gasteiger partial charge in [0.2, 0.25) is 0 Å². The van der Waals surface area contributed by atoms with E-state index in [1.165, 1.54) is 6.07 Å². The average Bonchev–Trinajstić information content (AvgIpc) is 2.83. The van der Waals surface area contributed by atoms with Gasteiger partial charge in [-0.15, -0.1) is 0 Å². The summed E-state index contributed by atoms with van der Waals surface area (Å²) in [7, 11) is 0. The highest BCUT2D eigenvalue weighted by atomic mass is 35.5. The molecule has 7 heteroatoms. The van der Waals surface area contributed by atoms with Crippen molar-refractivity contribution in [1.29, 1.82) is 0 Å². The summed E-state index contributed by atoms with van der Waals surface area (Å²) in [5, 5.41) is 12.0. The molecule has 5 rings (SSSR count). The van der Waals surface area contributed by atoms with Crippen LogP contribution in [-0.4, -0.2) is 36.2 Å². The highest BCUT2D eigenvalue weighted by Gasteiger charge is 2.23. The number of nitrogens with zero attached hydrogens (tertiary/aromatic N) is 2. The van der Waals surface area contributed by atoms with Gasteiger partial charge in [0.25, 0.3) is 0 Å². The molecule has 1 aromatic heterocycles. The molecule has 0 aliphatic carbocycles. The van der Waals surface area contributed by atoms with Gasteiger partial charge in [-0.1, -0.05) is 35.9 Å². The zero-order valence-electron chi connectivity index (χ0n) is 18.7. The van der Waals surface area contributed by atoms with Crippen LogP contribution in [0.2, 0.25) is 5.02 Å². The molecule has 0 radical (unpaired) electrons. The van der Waals surface area contributed by atoms with Crippen molar-refractivity contribution in [3.8, 4) is 16.9 Å². The van der Waals surface area contributed by atoms with Gasteiger partial charge in [0.05, 0.1) is 16.8 Å². The standard InChI is InChI=1S/C27H24ClFN2O3/c1-17-20-10-11-24(32)21(26(20)34-27(33)25(17)18-6-8-19(28)9-7-18)16-30-12-14-31(15-13-30)23-5-3-2-4-22(23)29/h2-11,32H,12-16H2,1H3. The SMILES string of the molecule is Cc1c(-c2ccc(Cl)cc2)c(=O)oc2c(CN3CCN(c4ccccc4F)CC3)c(O)ccc12. The van der Waals surface area contributed by atoms with Gasteiger partial charge in [0.1, 0.15) is 17.1 Å². The van der Waals surface area contributed by atoms with E-state index in [9.17, 15) is 14.3 Å². The molecular formula is C27H24ClFN2O3. The van der Waals surface area contributed by atoms with E-state index >= 15 is 0 Å². The predicted molar refractivity (Wildman–Crippen MR) is 133 cm³/mol. The van der Waals surface area contributed by atoms with Crippen LogP contribution in [0.4, 0.5) is 10.1 Å². The monoisotopic (exact) mass is 478 g/mol. The average molecular weight is 479 g/mol. The summed E-state index contributed by atoms with van der Waals surface area (Å²) in [5.41, 5.74) is 3.14. The Kier molecular flexibility index (Phi) is 6.02. The van der Waals surface area contributed by atoms with Crippen LogP contribution in [0.1, 0.15) is 11.1 Å². The number of benzene rings is 3. The molecule has 5 nitrogen and oxygen atoms in total. The van der Waals surface area contributed by atoms with Crippen molar-refractivity contribution in [2.75, 3.05) is 31.1 Å². The molecule has 0 bridgehead atoms. The summed E-state index contributed by atoms with van der Waals surface area (Å²) in [4.78, 5) is 17.2. The molecule has 0 unspecified atom stereocenters. The quantitative estimate of drug-likeness (QED) is 0.387. The molecule has 174 valence electrons. The van der Waals surface area contributed by atoms with E-state index in [2.05, 4.69) is 4.90 Å². The van der Waals surface area contributed by atoms with Crippen LogP contribution in [-0.2, 0) is 6.54 Å². The Balaban J connectivity index is 1.44. The third-order valence-electron chi connectivity index (χ3n) is 6.49. The minimum absolute atomic E-state index is 0.0887. The fourth-order valence-electron chi connectivity index (χ4n) is 4.64. The third kappa shape index (κ3) is 4.15. The lowest BCUT2D eigenvalue weighted by molar-refractivity contribution is 0.246. The molecule has 0 spiro atoms. The van der Waals surface area contributed by atoms with Crippen LogP contribution < -0.4 is 10.5 Å². The maximum atomic E-state index is 14.2. The van der Waals surface area contributed by atoms with E-state index in [0.29, 0.717) is 60.1 Å². The molecule has 1 fully saturated rings. The minimum Gasteiger partial charge on any atom is -0.507 e. The maximum absolute atomic E-state index is 14.2. The van der Waals surface area contributed by atoms with Crippen LogP contribution in [0.15, 0.2) is 69.9 Å². The Morgan fingerprint density at radius 2 is 1.71 bits per heavy atom. The zero-order chi connectivity index (χ0) is 23.8. The van der Waals surface area contributed by atoms with Crippen molar-refractivity contribution in [1.82, 2.24) is 4.90 Å². The molecule has 1 saturated heterocycles. The van der Waals surface area contributed by atoms with Crippen molar-refractivity contribution in [3.63, 3.8) is 0 Å². The summed E-state index contributed by atoms with van der Waals surface area (Å²) in [5.74, 6) is -0.137. The lowest BCUT2D eigenvalue weighted by Gasteiger charge is -2.36. The Morgan fingerprint density at radius 3 is 2.41 bits per heavy atom. The first-order valence-electron chi connectivity index (χ1n) is 11.2. The normalized spacial score (nSPS) is 14.6. The summed E-state index contributed by atoms with van der Waals surface area (Å²) in [6.07, 6.45) is 0. The molecular weight excluding hydrogens is 455 g/mol. The van der Waals surface area contributed by atoms with Crippen LogP contribution >= 0.6 is 11.6 Å². The molecule has 34 heavy (non-hydrogen) atoms. The van der Waals surface area contributed by atoms with Gasteiger partial charge in [-0.25, -0.2) is 9.18 Å². The number of aryl methyl sites for hydroxylation is 1. The zero-order valence-corrected chi connectivity index (χ0v) is 19.5. The van der Waals surface area contributed by atoms with Crippen LogP contribution in [0, 0.1) is 12.7 Å². The predicted octanol–water partition coefficient (Wildman–Crippen LogP) is 5.59. The topological polar surface area (TPSA) is 56.9 Å². The molecule has 2 heterocycles. The fourth-order valence-corrected chi connectivity index (χ4v) is 4.77. The number of piperazine rings is 1. The molecule has 1 aliphatic heterocycles. The molecule has 3 aromatic carbocycles. The van der Waals surface area contributed by atoms with Crippen molar-refractivity contribution >= 4 is 28.3 Å². The lowest BCUT2D eigenvalue weighted by Crippen LogP contribution is -2.46. The number of anilines is 1. The summed E-state index contributed by atoms with van der Waals surface area (Å²) >= 11 is 6.00. The number of hydrogen-bond acceptors (Lipinski definition) is 5. The Labute approximate surface area is 201 Å². The van der Waals surface area contributed by atoms with Gasteiger partial charge in [-0.3, -0.25) is 4.90 Å². The van der Waals surface area contributed by atoms with E-state index in [4.69, 9.17) is 16.0 Å². The van der Waals surface area contributed by atoms with E-state index in [1.807, 2.05) is 17.9 Å². The third-order valence-corrected chi connectivity index (χ3v) is 6.75. The number of para-hydroxylation sites is 1. The fraction of sp³-hybridized carbons (Fsp3) is 0.222. The van der Waals surface area contributed by atoms with Gasteiger partial charge in [-0.2, -0.15) is 0 Å². The molecule has 0 atom stereocenters. The number of phenols is 1. The number of rotatable bonds is 4. The second kappa shape index (κ2) is 9.12. The number of halogens is 2. The molecule has 4 aromatic rings. The Hall–Kier alpha value is -3.35. The molecule has 0 amide bonds. The van der Waals surface area contributed by atoms with Crippen LogP contribution in [0.3, 0.4) is 0 Å². The van der Waals surface area contributed by atoms with Gasteiger partial charge in [0, 0.05) is 43.1 Å². The highest BCUT2D eigenvalue weighted by molar-refractivity contribution is 6.30. The second-order valence-electron chi connectivity index (χ2n) is 8.55. The minimum atomic E-state index is -0.455. The lowest BCUT2D eigenvalue weighted by atomic mass is 9.98. The largest absolute Gasteiger partial charge is 0.507 e. The van der Waals surface area contributed by atoms with Crippen molar-refractivity contribution < 1.29 is 13.9 Å². The van der Waals surface area contributed by atoms with Crippen molar-refractivity contribution in [2.45, 2.75) is 13.5 Å². The van der Waals surface area contributed by atoms with Gasteiger partial charge in [0.15, 0.2) is 0 Å². The van der Waals surface area contributed by atoms with E-state index in [1.54, 1.807) is 48.5 Å². The smallest absolute Gasteiger partial charge is 0.344 e. The van der Waals surface area contributed by atoms with Crippen molar-refractivity contribution in [3.05, 3.63) is 93.1 Å². The number of hydrogen-bond donors (Lipinski definition) is 1. The van der Waals surface area contributed by atoms with Crippen molar-refractivity contribution in [2.24, 2.45) is 0 Å². The first-order chi connectivity index (χ1) is 16.4. The summed E-state index contributed by atoms with van der Waals surface area (Å²) < 4.78 is 19.9. The van der Waals surface area contributed by atoms with Gasteiger partial charge >= 0.3 is 5.63 Å². The van der Waals surface area contributed by atoms with Gasteiger partial charge in [-0.05, 0) is 54.4 Å². The summed E-state index contributed by atoms with van der Waals surface area (Å²) in [6, 6.07) is 17.3. The summed E-state index contributed by atoms with van der Waals surface area (Å²) in [6.45, 7) is 5.02. The van der Waals surface area contributed by atoms with E-state index in [0.717, 1.165) is 16.5 Å². The van der Waals surface area contributed by atoms with Crippen LogP contribution in [0.5, 0.6) is 5.75 Å². The molecule has 1 aliphatic rings. The first kappa shape index (κ1) is 22.4. The highest BCUT2D eigenvalue weighted by Crippen LogP contribution is 2.34. The first-order valence-corrected chi connectivity index (χ1v) is 11.6. The van der Waals surface area contributed by atoms with E-state index < -0.39 is 5.63 Å². The maximum Gasteiger partial charge on any atom is 0.344 e. The Bertz CT molecular complexity index is 1410. The Morgan fingerprint density at radius 1 is 1.00 bits per heavy atom. The molecule has 1 N–H and O–H groups in total. The van der Waals surface area contributed by atoms with Crippen LogP contribution in [0.25, 0.3) is 22.1 Å². The number of phenolic OH excluding ortho intramolecular Hbond substituents is 1. The van der Waals surface area contributed by atoms with E-state index in [-0.39, 0.29) is 11.6 Å². The molecule has 0 saturated carbocycles. The number of fused-ring (bicyclic) bond motifs is 1. The number of aromatic hydroxyl groups is 1. The van der Waals surface area contributed by atoms with Gasteiger partial charge < -0.3 is 14.4 Å².